The molecule has 0 radical (unpaired) electrons. The minimum atomic E-state index is -0.386. The van der Waals surface area contributed by atoms with Crippen molar-refractivity contribution >= 4 is 0 Å². The van der Waals surface area contributed by atoms with Crippen LogP contribution in [0.15, 0.2) is 36.4 Å². The van der Waals surface area contributed by atoms with E-state index < -0.39 is 0 Å². The van der Waals surface area contributed by atoms with E-state index in [1.807, 2.05) is 18.2 Å². The molecule has 0 saturated carbocycles. The highest BCUT2D eigenvalue weighted by Gasteiger charge is 2.50. The first-order valence-corrected chi connectivity index (χ1v) is 10.1. The molecule has 1 fully saturated rings. The summed E-state index contributed by atoms with van der Waals surface area (Å²) in [7, 11) is 1.74. The molecular formula is C23H27NO4. The standard InChI is InChI=1S/C23H27NO4/c1-15-22(16-8-4-5-9-18(16)25-3)17-12-20-21(27-14-26-20)13-19(17)28-23(15,2)24-10-6-7-11-24/h4-5,8-9,12-13,15,22H,6-7,10-11,14H2,1-3H3/t15-,22+,23-/m1/s1. The molecule has 0 N–H and O–H groups in total. The second kappa shape index (κ2) is 6.59. The minimum absolute atomic E-state index is 0.139. The predicted octanol–water partition coefficient (Wildman–Crippen LogP) is 4.40. The Labute approximate surface area is 166 Å². The predicted molar refractivity (Wildman–Crippen MR) is 106 cm³/mol. The molecule has 0 unspecified atom stereocenters. The van der Waals surface area contributed by atoms with E-state index in [0.29, 0.717) is 0 Å². The van der Waals surface area contributed by atoms with Crippen molar-refractivity contribution in [1.82, 2.24) is 4.90 Å². The molecule has 0 spiro atoms. The molecule has 2 aromatic rings. The van der Waals surface area contributed by atoms with Gasteiger partial charge < -0.3 is 18.9 Å². The van der Waals surface area contributed by atoms with E-state index in [-0.39, 0.29) is 24.4 Å². The van der Waals surface area contributed by atoms with Crippen LogP contribution < -0.4 is 18.9 Å². The lowest BCUT2D eigenvalue weighted by molar-refractivity contribution is -0.114. The highest BCUT2D eigenvalue weighted by atomic mass is 16.7. The van der Waals surface area contributed by atoms with E-state index in [4.69, 9.17) is 18.9 Å². The van der Waals surface area contributed by atoms with Gasteiger partial charge in [-0.1, -0.05) is 25.1 Å². The second-order valence-electron chi connectivity index (χ2n) is 8.10. The summed E-state index contributed by atoms with van der Waals surface area (Å²) in [5, 5.41) is 0. The lowest BCUT2D eigenvalue weighted by Crippen LogP contribution is -2.57. The summed E-state index contributed by atoms with van der Waals surface area (Å²) in [4.78, 5) is 2.49. The van der Waals surface area contributed by atoms with Gasteiger partial charge in [-0.2, -0.15) is 0 Å². The summed E-state index contributed by atoms with van der Waals surface area (Å²) in [6.07, 6.45) is 2.44. The van der Waals surface area contributed by atoms with E-state index in [9.17, 15) is 0 Å². The first-order chi connectivity index (χ1) is 13.6. The van der Waals surface area contributed by atoms with Crippen molar-refractivity contribution in [3.8, 4) is 23.0 Å². The Morgan fingerprint density at radius 1 is 1.00 bits per heavy atom. The smallest absolute Gasteiger partial charge is 0.231 e. The highest BCUT2D eigenvalue weighted by molar-refractivity contribution is 5.57. The summed E-state index contributed by atoms with van der Waals surface area (Å²) in [6.45, 7) is 6.93. The van der Waals surface area contributed by atoms with Crippen LogP contribution in [0.1, 0.15) is 43.7 Å². The third kappa shape index (κ3) is 2.56. The zero-order valence-corrected chi connectivity index (χ0v) is 16.7. The average Bonchev–Trinajstić information content (AvgIpc) is 3.39. The number of hydrogen-bond acceptors (Lipinski definition) is 5. The van der Waals surface area contributed by atoms with Crippen molar-refractivity contribution < 1.29 is 18.9 Å². The van der Waals surface area contributed by atoms with E-state index in [1.54, 1.807) is 7.11 Å². The van der Waals surface area contributed by atoms with E-state index >= 15 is 0 Å². The number of hydrogen-bond donors (Lipinski definition) is 0. The van der Waals surface area contributed by atoms with Crippen molar-refractivity contribution in [2.45, 2.75) is 38.3 Å². The van der Waals surface area contributed by atoms with Crippen LogP contribution in [-0.4, -0.2) is 37.6 Å². The van der Waals surface area contributed by atoms with Crippen LogP contribution in [-0.2, 0) is 0 Å². The van der Waals surface area contributed by atoms with Gasteiger partial charge in [0.1, 0.15) is 11.5 Å². The third-order valence-electron chi connectivity index (χ3n) is 6.71. The molecule has 148 valence electrons. The SMILES string of the molecule is COc1ccccc1[C@H]1c2cc3c(cc2O[C@@](C)(N2CCCC2)[C@@H]1C)OCO3. The van der Waals surface area contributed by atoms with Gasteiger partial charge in [-0.3, -0.25) is 4.90 Å². The van der Waals surface area contributed by atoms with Crippen molar-refractivity contribution in [2.75, 3.05) is 27.0 Å². The first-order valence-electron chi connectivity index (χ1n) is 10.1. The van der Waals surface area contributed by atoms with Crippen molar-refractivity contribution in [3.63, 3.8) is 0 Å². The zero-order chi connectivity index (χ0) is 19.3. The number of rotatable bonds is 3. The maximum Gasteiger partial charge on any atom is 0.231 e. The summed E-state index contributed by atoms with van der Waals surface area (Å²) in [6, 6.07) is 12.4. The fourth-order valence-electron chi connectivity index (χ4n) is 5.04. The van der Waals surface area contributed by atoms with E-state index in [1.165, 1.54) is 18.4 Å². The molecule has 3 atom stereocenters. The quantitative estimate of drug-likeness (QED) is 0.788. The number of fused-ring (bicyclic) bond motifs is 2. The number of likely N-dealkylation sites (tertiary alicyclic amines) is 1. The molecule has 5 heteroatoms. The Kier molecular flexibility index (Phi) is 4.16. The molecule has 3 heterocycles. The molecular weight excluding hydrogens is 354 g/mol. The first kappa shape index (κ1) is 17.7. The molecule has 5 rings (SSSR count). The molecule has 28 heavy (non-hydrogen) atoms. The Hall–Kier alpha value is -2.40. The van der Waals surface area contributed by atoms with Crippen LogP contribution in [0.4, 0.5) is 0 Å². The van der Waals surface area contributed by atoms with Crippen LogP contribution in [0, 0.1) is 5.92 Å². The van der Waals surface area contributed by atoms with E-state index in [0.717, 1.165) is 41.7 Å². The maximum atomic E-state index is 6.72. The number of benzene rings is 2. The van der Waals surface area contributed by atoms with Crippen molar-refractivity contribution in [1.29, 1.82) is 0 Å². The molecule has 0 bridgehead atoms. The molecule has 0 amide bonds. The zero-order valence-electron chi connectivity index (χ0n) is 16.7. The van der Waals surface area contributed by atoms with Crippen LogP contribution in [0.5, 0.6) is 23.0 Å². The number of ether oxygens (including phenoxy) is 4. The molecule has 2 aromatic carbocycles. The number of methoxy groups -OCH3 is 1. The highest BCUT2D eigenvalue weighted by Crippen LogP contribution is 2.54. The fourth-order valence-corrected chi connectivity index (χ4v) is 5.04. The van der Waals surface area contributed by atoms with Gasteiger partial charge in [-0.25, -0.2) is 0 Å². The molecule has 0 aromatic heterocycles. The van der Waals surface area contributed by atoms with Crippen molar-refractivity contribution in [2.24, 2.45) is 5.92 Å². The lowest BCUT2D eigenvalue weighted by atomic mass is 9.73. The maximum absolute atomic E-state index is 6.72. The minimum Gasteiger partial charge on any atom is -0.496 e. The molecule has 1 saturated heterocycles. The summed E-state index contributed by atoms with van der Waals surface area (Å²) in [5.41, 5.74) is 1.94. The van der Waals surface area contributed by atoms with Gasteiger partial charge in [0.15, 0.2) is 17.2 Å². The molecule has 3 aliphatic heterocycles. The largest absolute Gasteiger partial charge is 0.496 e. The normalized spacial score (nSPS) is 28.7. The van der Waals surface area contributed by atoms with Gasteiger partial charge in [-0.15, -0.1) is 0 Å². The molecule has 3 aliphatic rings. The number of para-hydroxylation sites is 1. The fraction of sp³-hybridized carbons (Fsp3) is 0.478. The van der Waals surface area contributed by atoms with Crippen LogP contribution in [0.3, 0.4) is 0 Å². The van der Waals surface area contributed by atoms with Gasteiger partial charge in [-0.05, 0) is 31.9 Å². The van der Waals surface area contributed by atoms with Gasteiger partial charge in [0.05, 0.1) is 7.11 Å². The average molecular weight is 381 g/mol. The van der Waals surface area contributed by atoms with Gasteiger partial charge in [0.25, 0.3) is 0 Å². The van der Waals surface area contributed by atoms with Crippen LogP contribution in [0.2, 0.25) is 0 Å². The Balaban J connectivity index is 1.69. The Morgan fingerprint density at radius 2 is 1.71 bits per heavy atom. The van der Waals surface area contributed by atoms with Crippen molar-refractivity contribution in [3.05, 3.63) is 47.5 Å². The topological polar surface area (TPSA) is 40.2 Å². The monoisotopic (exact) mass is 381 g/mol. The van der Waals surface area contributed by atoms with Gasteiger partial charge >= 0.3 is 0 Å². The second-order valence-corrected chi connectivity index (χ2v) is 8.10. The molecule has 0 aliphatic carbocycles. The van der Waals surface area contributed by atoms with Gasteiger partial charge in [0, 0.05) is 42.1 Å². The van der Waals surface area contributed by atoms with E-state index in [2.05, 4.69) is 36.9 Å². The summed E-state index contributed by atoms with van der Waals surface area (Å²) >= 11 is 0. The van der Waals surface area contributed by atoms with Crippen LogP contribution in [0.25, 0.3) is 0 Å². The third-order valence-corrected chi connectivity index (χ3v) is 6.71. The number of nitrogens with zero attached hydrogens (tertiary/aromatic N) is 1. The Morgan fingerprint density at radius 3 is 2.46 bits per heavy atom. The summed E-state index contributed by atoms with van der Waals surface area (Å²) < 4.78 is 23.8. The van der Waals surface area contributed by atoms with Crippen LogP contribution >= 0.6 is 0 Å². The molecule has 5 nitrogen and oxygen atoms in total. The summed E-state index contributed by atoms with van der Waals surface area (Å²) in [5.74, 6) is 3.71. The lowest BCUT2D eigenvalue weighted by Gasteiger charge is -2.50. The van der Waals surface area contributed by atoms with Gasteiger partial charge in [0.2, 0.25) is 6.79 Å². The Bertz CT molecular complexity index is 892.